The lowest BCUT2D eigenvalue weighted by molar-refractivity contribution is -0.0983. The van der Waals surface area contributed by atoms with E-state index in [1.165, 1.54) is 0 Å². The standard InChI is InChI=1S/C22H28N2O2S/c1-16(2)24-14-20(26-19-6-4-3-5-7-19)21(24)17-8-11-23(12-9-17)22(25)18-10-13-27-15-18/h3-7,10,13,15-17,20-21H,8-9,11-12,14H2,1-2H3/t20-,21-/m0/s1. The van der Waals surface area contributed by atoms with Gasteiger partial charge in [0.1, 0.15) is 11.9 Å². The molecule has 1 aromatic carbocycles. The van der Waals surface area contributed by atoms with Crippen molar-refractivity contribution in [1.29, 1.82) is 0 Å². The highest BCUT2D eigenvalue weighted by atomic mass is 32.1. The van der Waals surface area contributed by atoms with Crippen LogP contribution in [0.4, 0.5) is 0 Å². The van der Waals surface area contributed by atoms with Crippen LogP contribution in [0.15, 0.2) is 47.2 Å². The maximum atomic E-state index is 12.6. The molecule has 0 N–H and O–H groups in total. The van der Waals surface area contributed by atoms with Crippen LogP contribution in [0.3, 0.4) is 0 Å². The van der Waals surface area contributed by atoms with Gasteiger partial charge in [0.25, 0.3) is 5.91 Å². The normalized spacial score (nSPS) is 24.0. The molecular formula is C22H28N2O2S. The summed E-state index contributed by atoms with van der Waals surface area (Å²) in [6, 6.07) is 13.0. The van der Waals surface area contributed by atoms with Gasteiger partial charge in [-0.3, -0.25) is 9.69 Å². The molecule has 2 aromatic rings. The molecule has 2 aliphatic heterocycles. The lowest BCUT2D eigenvalue weighted by atomic mass is 9.79. The van der Waals surface area contributed by atoms with Crippen LogP contribution in [0, 0.1) is 5.92 Å². The van der Waals surface area contributed by atoms with Gasteiger partial charge < -0.3 is 9.64 Å². The zero-order chi connectivity index (χ0) is 18.8. The zero-order valence-corrected chi connectivity index (χ0v) is 16.9. The Morgan fingerprint density at radius 2 is 1.89 bits per heavy atom. The van der Waals surface area contributed by atoms with Gasteiger partial charge >= 0.3 is 0 Å². The summed E-state index contributed by atoms with van der Waals surface area (Å²) >= 11 is 1.58. The maximum Gasteiger partial charge on any atom is 0.254 e. The molecular weight excluding hydrogens is 356 g/mol. The van der Waals surface area contributed by atoms with Gasteiger partial charge in [-0.25, -0.2) is 0 Å². The summed E-state index contributed by atoms with van der Waals surface area (Å²) in [6.45, 7) is 7.22. The van der Waals surface area contributed by atoms with E-state index in [0.717, 1.165) is 43.8 Å². The van der Waals surface area contributed by atoms with Crippen molar-refractivity contribution in [2.24, 2.45) is 5.92 Å². The number of thiophene rings is 1. The molecule has 0 radical (unpaired) electrons. The van der Waals surface area contributed by atoms with Crippen molar-refractivity contribution in [3.63, 3.8) is 0 Å². The molecule has 144 valence electrons. The molecule has 2 saturated heterocycles. The minimum absolute atomic E-state index is 0.182. The van der Waals surface area contributed by atoms with Gasteiger partial charge in [0, 0.05) is 31.1 Å². The second kappa shape index (κ2) is 8.03. The number of para-hydroxylation sites is 1. The smallest absolute Gasteiger partial charge is 0.254 e. The number of carbonyl (C=O) groups excluding carboxylic acids is 1. The van der Waals surface area contributed by atoms with Crippen molar-refractivity contribution in [3.05, 3.63) is 52.7 Å². The lowest BCUT2D eigenvalue weighted by Gasteiger charge is -2.54. The summed E-state index contributed by atoms with van der Waals surface area (Å²) < 4.78 is 6.31. The Labute approximate surface area is 165 Å². The molecule has 4 rings (SSSR count). The van der Waals surface area contributed by atoms with Crippen molar-refractivity contribution in [2.75, 3.05) is 19.6 Å². The van der Waals surface area contributed by atoms with Crippen LogP contribution in [0.2, 0.25) is 0 Å². The van der Waals surface area contributed by atoms with Gasteiger partial charge in [-0.05, 0) is 56.2 Å². The van der Waals surface area contributed by atoms with E-state index in [1.54, 1.807) is 11.3 Å². The molecule has 3 heterocycles. The van der Waals surface area contributed by atoms with Gasteiger partial charge in [-0.2, -0.15) is 11.3 Å². The number of hydrogen-bond donors (Lipinski definition) is 0. The minimum atomic E-state index is 0.182. The van der Waals surface area contributed by atoms with E-state index in [0.29, 0.717) is 18.0 Å². The third kappa shape index (κ3) is 3.90. The number of ether oxygens (including phenoxy) is 1. The van der Waals surface area contributed by atoms with E-state index >= 15 is 0 Å². The van der Waals surface area contributed by atoms with Crippen molar-refractivity contribution in [1.82, 2.24) is 9.80 Å². The van der Waals surface area contributed by atoms with Crippen molar-refractivity contribution in [2.45, 2.75) is 44.9 Å². The highest BCUT2D eigenvalue weighted by Gasteiger charge is 2.47. The number of rotatable bonds is 5. The first-order valence-corrected chi connectivity index (χ1v) is 10.9. The monoisotopic (exact) mass is 384 g/mol. The van der Waals surface area contributed by atoms with E-state index in [2.05, 4.69) is 18.7 Å². The Bertz CT molecular complexity index is 739. The molecule has 2 atom stereocenters. The van der Waals surface area contributed by atoms with Gasteiger partial charge in [0.05, 0.1) is 11.6 Å². The third-order valence-corrected chi connectivity index (χ3v) is 6.61. The molecule has 1 amide bonds. The first-order valence-electron chi connectivity index (χ1n) is 9.92. The van der Waals surface area contributed by atoms with Crippen LogP contribution < -0.4 is 4.74 Å². The van der Waals surface area contributed by atoms with Gasteiger partial charge in [0.2, 0.25) is 0 Å². The number of benzene rings is 1. The van der Waals surface area contributed by atoms with E-state index in [-0.39, 0.29) is 12.0 Å². The van der Waals surface area contributed by atoms with E-state index in [9.17, 15) is 4.79 Å². The summed E-state index contributed by atoms with van der Waals surface area (Å²) in [5.41, 5.74) is 0.830. The summed E-state index contributed by atoms with van der Waals surface area (Å²) in [6.07, 6.45) is 2.36. The predicted molar refractivity (Wildman–Crippen MR) is 109 cm³/mol. The first-order chi connectivity index (χ1) is 13.1. The van der Waals surface area contributed by atoms with Crippen LogP contribution in [-0.2, 0) is 0 Å². The molecule has 5 heteroatoms. The highest BCUT2D eigenvalue weighted by molar-refractivity contribution is 7.08. The zero-order valence-electron chi connectivity index (χ0n) is 16.1. The van der Waals surface area contributed by atoms with Crippen molar-refractivity contribution >= 4 is 17.2 Å². The Balaban J connectivity index is 1.39. The molecule has 0 bridgehead atoms. The fourth-order valence-electron chi connectivity index (χ4n) is 4.44. The number of hydrogen-bond acceptors (Lipinski definition) is 4. The summed E-state index contributed by atoms with van der Waals surface area (Å²) in [5.74, 6) is 1.73. The van der Waals surface area contributed by atoms with Gasteiger partial charge in [0.15, 0.2) is 0 Å². The fraction of sp³-hybridized carbons (Fsp3) is 0.500. The van der Waals surface area contributed by atoms with Crippen molar-refractivity contribution < 1.29 is 9.53 Å². The number of amides is 1. The van der Waals surface area contributed by atoms with E-state index in [4.69, 9.17) is 4.74 Å². The summed E-state index contributed by atoms with van der Waals surface area (Å²) in [7, 11) is 0. The van der Waals surface area contributed by atoms with Gasteiger partial charge in [-0.1, -0.05) is 18.2 Å². The molecule has 0 saturated carbocycles. The Hall–Kier alpha value is -1.85. The Kier molecular flexibility index (Phi) is 5.50. The molecule has 27 heavy (non-hydrogen) atoms. The Morgan fingerprint density at radius 1 is 1.15 bits per heavy atom. The SMILES string of the molecule is CC(C)N1C[C@H](Oc2ccccc2)[C@@H]1C1CCN(C(=O)c2ccsc2)CC1. The molecule has 1 aromatic heterocycles. The number of nitrogens with zero attached hydrogens (tertiary/aromatic N) is 2. The first kappa shape index (κ1) is 18.5. The second-order valence-corrected chi connectivity index (χ2v) is 8.67. The fourth-order valence-corrected chi connectivity index (χ4v) is 5.07. The number of likely N-dealkylation sites (tertiary alicyclic amines) is 2. The average Bonchev–Trinajstić information content (AvgIpc) is 3.20. The summed E-state index contributed by atoms with van der Waals surface area (Å²) in [4.78, 5) is 17.2. The average molecular weight is 385 g/mol. The van der Waals surface area contributed by atoms with Crippen LogP contribution in [0.1, 0.15) is 37.0 Å². The quantitative estimate of drug-likeness (QED) is 0.777. The summed E-state index contributed by atoms with van der Waals surface area (Å²) in [5, 5.41) is 3.92. The van der Waals surface area contributed by atoms with Crippen LogP contribution >= 0.6 is 11.3 Å². The largest absolute Gasteiger partial charge is 0.487 e. The molecule has 0 aliphatic carbocycles. The van der Waals surface area contributed by atoms with E-state index in [1.807, 2.05) is 52.1 Å². The molecule has 2 fully saturated rings. The van der Waals surface area contributed by atoms with Gasteiger partial charge in [-0.15, -0.1) is 0 Å². The third-order valence-electron chi connectivity index (χ3n) is 5.93. The maximum absolute atomic E-state index is 12.6. The van der Waals surface area contributed by atoms with Crippen LogP contribution in [0.5, 0.6) is 5.75 Å². The number of carbonyl (C=O) groups is 1. The Morgan fingerprint density at radius 3 is 2.52 bits per heavy atom. The molecule has 0 unspecified atom stereocenters. The lowest BCUT2D eigenvalue weighted by Crippen LogP contribution is -2.68. The molecule has 2 aliphatic rings. The predicted octanol–water partition coefficient (Wildman–Crippen LogP) is 4.14. The number of piperidine rings is 1. The second-order valence-electron chi connectivity index (χ2n) is 7.89. The van der Waals surface area contributed by atoms with Crippen LogP contribution in [0.25, 0.3) is 0 Å². The highest BCUT2D eigenvalue weighted by Crippen LogP contribution is 2.36. The minimum Gasteiger partial charge on any atom is -0.487 e. The topological polar surface area (TPSA) is 32.8 Å². The van der Waals surface area contributed by atoms with Crippen molar-refractivity contribution in [3.8, 4) is 5.75 Å². The van der Waals surface area contributed by atoms with Crippen LogP contribution in [-0.4, -0.2) is 53.5 Å². The molecule has 0 spiro atoms. The van der Waals surface area contributed by atoms with E-state index < -0.39 is 0 Å². The molecule has 4 nitrogen and oxygen atoms in total.